The van der Waals surface area contributed by atoms with Crippen LogP contribution in [-0.4, -0.2) is 36.1 Å². The van der Waals surface area contributed by atoms with Crippen LogP contribution in [0, 0.1) is 0 Å². The summed E-state index contributed by atoms with van der Waals surface area (Å²) in [6.07, 6.45) is 0. The molecule has 1 aromatic heterocycles. The van der Waals surface area contributed by atoms with E-state index in [0.29, 0.717) is 32.9 Å². The third-order valence-electron chi connectivity index (χ3n) is 3.80. The SMILES string of the molecule is COc1ccc(-c2ccc(SCC(=O)Nc3ccc(Cl)cc3)nn2)c(OC)c1. The number of nitrogens with zero attached hydrogens (tertiary/aromatic N) is 2. The summed E-state index contributed by atoms with van der Waals surface area (Å²) in [5, 5.41) is 12.5. The number of anilines is 1. The number of carbonyl (C=O) groups excluding carboxylic acids is 1. The van der Waals surface area contributed by atoms with Crippen LogP contribution < -0.4 is 14.8 Å². The fourth-order valence-electron chi connectivity index (χ4n) is 2.42. The molecule has 0 aliphatic rings. The molecule has 28 heavy (non-hydrogen) atoms. The Balaban J connectivity index is 1.61. The number of thioether (sulfide) groups is 1. The fourth-order valence-corrected chi connectivity index (χ4v) is 3.16. The molecule has 0 unspecified atom stereocenters. The third-order valence-corrected chi connectivity index (χ3v) is 4.98. The molecule has 2 aromatic carbocycles. The van der Waals surface area contributed by atoms with Gasteiger partial charge in [-0.2, -0.15) is 0 Å². The van der Waals surface area contributed by atoms with Crippen molar-refractivity contribution in [3.63, 3.8) is 0 Å². The quantitative estimate of drug-likeness (QED) is 0.571. The lowest BCUT2D eigenvalue weighted by Gasteiger charge is -2.10. The Morgan fingerprint density at radius 3 is 2.46 bits per heavy atom. The van der Waals surface area contributed by atoms with Gasteiger partial charge in [-0.1, -0.05) is 23.4 Å². The van der Waals surface area contributed by atoms with Gasteiger partial charge in [-0.15, -0.1) is 10.2 Å². The Labute approximate surface area is 172 Å². The molecule has 6 nitrogen and oxygen atoms in total. The van der Waals surface area contributed by atoms with Crippen molar-refractivity contribution < 1.29 is 14.3 Å². The minimum atomic E-state index is -0.130. The summed E-state index contributed by atoms with van der Waals surface area (Å²) in [6, 6.07) is 16.1. The topological polar surface area (TPSA) is 73.3 Å². The molecule has 144 valence electrons. The number of carbonyl (C=O) groups is 1. The lowest BCUT2D eigenvalue weighted by Crippen LogP contribution is -2.14. The third kappa shape index (κ3) is 5.15. The van der Waals surface area contributed by atoms with Crippen LogP contribution >= 0.6 is 23.4 Å². The molecule has 0 saturated carbocycles. The number of ether oxygens (including phenoxy) is 2. The summed E-state index contributed by atoms with van der Waals surface area (Å²) >= 11 is 7.14. The van der Waals surface area contributed by atoms with Gasteiger partial charge in [0, 0.05) is 22.3 Å². The van der Waals surface area contributed by atoms with E-state index in [1.54, 1.807) is 44.6 Å². The predicted octanol–water partition coefficient (Wildman–Crippen LogP) is 4.55. The highest BCUT2D eigenvalue weighted by atomic mass is 35.5. The first-order valence-electron chi connectivity index (χ1n) is 8.33. The van der Waals surface area contributed by atoms with Crippen LogP contribution in [0.15, 0.2) is 59.6 Å². The highest BCUT2D eigenvalue weighted by molar-refractivity contribution is 7.99. The number of rotatable bonds is 7. The highest BCUT2D eigenvalue weighted by Crippen LogP contribution is 2.32. The second-order valence-electron chi connectivity index (χ2n) is 5.67. The van der Waals surface area contributed by atoms with Crippen molar-refractivity contribution >= 4 is 35.0 Å². The summed E-state index contributed by atoms with van der Waals surface area (Å²) in [6.45, 7) is 0. The van der Waals surface area contributed by atoms with Crippen molar-refractivity contribution in [2.45, 2.75) is 5.03 Å². The summed E-state index contributed by atoms with van der Waals surface area (Å²) < 4.78 is 10.6. The van der Waals surface area contributed by atoms with E-state index in [1.807, 2.05) is 24.3 Å². The Kier molecular flexibility index (Phi) is 6.73. The van der Waals surface area contributed by atoms with Crippen LogP contribution in [0.2, 0.25) is 5.02 Å². The van der Waals surface area contributed by atoms with E-state index in [2.05, 4.69) is 15.5 Å². The second-order valence-corrected chi connectivity index (χ2v) is 7.10. The van der Waals surface area contributed by atoms with Gasteiger partial charge in [0.15, 0.2) is 0 Å². The zero-order chi connectivity index (χ0) is 19.9. The van der Waals surface area contributed by atoms with Gasteiger partial charge in [0.2, 0.25) is 5.91 Å². The van der Waals surface area contributed by atoms with Crippen LogP contribution in [0.4, 0.5) is 5.69 Å². The van der Waals surface area contributed by atoms with Gasteiger partial charge in [0.25, 0.3) is 0 Å². The summed E-state index contributed by atoms with van der Waals surface area (Å²) in [5.41, 5.74) is 2.19. The molecule has 3 rings (SSSR count). The Morgan fingerprint density at radius 1 is 1.04 bits per heavy atom. The molecule has 8 heteroatoms. The molecule has 0 fully saturated rings. The van der Waals surface area contributed by atoms with Gasteiger partial charge < -0.3 is 14.8 Å². The molecule has 1 N–H and O–H groups in total. The van der Waals surface area contributed by atoms with Gasteiger partial charge in [-0.25, -0.2) is 0 Å². The predicted molar refractivity (Wildman–Crippen MR) is 111 cm³/mol. The standard InChI is InChI=1S/C20H18ClN3O3S/c1-26-15-7-8-16(18(11-15)27-2)17-9-10-20(24-23-17)28-12-19(25)22-14-5-3-13(21)4-6-14/h3-11H,12H2,1-2H3,(H,22,25). The van der Waals surface area contributed by atoms with Crippen molar-refractivity contribution in [1.29, 1.82) is 0 Å². The average molecular weight is 416 g/mol. The van der Waals surface area contributed by atoms with Crippen LogP contribution in [0.3, 0.4) is 0 Å². The van der Waals surface area contributed by atoms with Crippen LogP contribution in [-0.2, 0) is 4.79 Å². The number of methoxy groups -OCH3 is 2. The first kappa shape index (κ1) is 20.0. The monoisotopic (exact) mass is 415 g/mol. The molecule has 0 bridgehead atoms. The number of aromatic nitrogens is 2. The number of hydrogen-bond donors (Lipinski definition) is 1. The molecule has 1 amide bonds. The second kappa shape index (κ2) is 9.43. The molecule has 0 aliphatic heterocycles. The van der Waals surface area contributed by atoms with E-state index >= 15 is 0 Å². The Morgan fingerprint density at radius 2 is 1.82 bits per heavy atom. The summed E-state index contributed by atoms with van der Waals surface area (Å²) in [7, 11) is 3.19. The summed E-state index contributed by atoms with van der Waals surface area (Å²) in [4.78, 5) is 12.1. The van der Waals surface area contributed by atoms with Crippen molar-refractivity contribution in [3.8, 4) is 22.8 Å². The van der Waals surface area contributed by atoms with E-state index in [9.17, 15) is 4.79 Å². The molecule has 3 aromatic rings. The molecular formula is C20H18ClN3O3S. The van der Waals surface area contributed by atoms with Crippen molar-refractivity contribution in [2.24, 2.45) is 0 Å². The van der Waals surface area contributed by atoms with E-state index in [1.165, 1.54) is 11.8 Å². The maximum atomic E-state index is 12.1. The molecule has 0 aliphatic carbocycles. The molecule has 0 atom stereocenters. The number of hydrogen-bond acceptors (Lipinski definition) is 6. The smallest absolute Gasteiger partial charge is 0.234 e. The van der Waals surface area contributed by atoms with Crippen molar-refractivity contribution in [1.82, 2.24) is 10.2 Å². The molecular weight excluding hydrogens is 398 g/mol. The van der Waals surface area contributed by atoms with E-state index in [0.717, 1.165) is 5.56 Å². The molecule has 0 radical (unpaired) electrons. The van der Waals surface area contributed by atoms with E-state index < -0.39 is 0 Å². The lowest BCUT2D eigenvalue weighted by atomic mass is 10.1. The maximum Gasteiger partial charge on any atom is 0.234 e. The first-order chi connectivity index (χ1) is 13.6. The molecule has 0 saturated heterocycles. The minimum absolute atomic E-state index is 0.130. The Hall–Kier alpha value is -2.77. The largest absolute Gasteiger partial charge is 0.497 e. The normalized spacial score (nSPS) is 10.4. The van der Waals surface area contributed by atoms with Gasteiger partial charge in [-0.05, 0) is 48.5 Å². The van der Waals surface area contributed by atoms with Gasteiger partial charge in [0.05, 0.1) is 25.7 Å². The van der Waals surface area contributed by atoms with Crippen LogP contribution in [0.25, 0.3) is 11.3 Å². The lowest BCUT2D eigenvalue weighted by molar-refractivity contribution is -0.113. The van der Waals surface area contributed by atoms with Gasteiger partial charge >= 0.3 is 0 Å². The van der Waals surface area contributed by atoms with Crippen LogP contribution in [0.1, 0.15) is 0 Å². The number of nitrogens with one attached hydrogen (secondary N) is 1. The number of benzene rings is 2. The highest BCUT2D eigenvalue weighted by Gasteiger charge is 2.10. The number of amides is 1. The Bertz CT molecular complexity index is 950. The number of halogens is 1. The fraction of sp³-hybridized carbons (Fsp3) is 0.150. The van der Waals surface area contributed by atoms with E-state index in [4.69, 9.17) is 21.1 Å². The minimum Gasteiger partial charge on any atom is -0.497 e. The zero-order valence-corrected chi connectivity index (χ0v) is 16.9. The maximum absolute atomic E-state index is 12.1. The van der Waals surface area contributed by atoms with Gasteiger partial charge in [-0.3, -0.25) is 4.79 Å². The average Bonchev–Trinajstić information content (AvgIpc) is 2.74. The first-order valence-corrected chi connectivity index (χ1v) is 9.70. The zero-order valence-electron chi connectivity index (χ0n) is 15.3. The van der Waals surface area contributed by atoms with Gasteiger partial charge in [0.1, 0.15) is 16.5 Å². The van der Waals surface area contributed by atoms with Crippen LogP contribution in [0.5, 0.6) is 11.5 Å². The molecule has 0 spiro atoms. The van der Waals surface area contributed by atoms with E-state index in [-0.39, 0.29) is 11.7 Å². The van der Waals surface area contributed by atoms with Crippen molar-refractivity contribution in [3.05, 3.63) is 59.6 Å². The van der Waals surface area contributed by atoms with Crippen molar-refractivity contribution in [2.75, 3.05) is 25.3 Å². The summed E-state index contributed by atoms with van der Waals surface area (Å²) in [5.74, 6) is 1.45. The molecule has 1 heterocycles.